The summed E-state index contributed by atoms with van der Waals surface area (Å²) in [5.74, 6) is -2.59. The average Bonchev–Trinajstić information content (AvgIpc) is 2.71. The minimum Gasteiger partial charge on any atom is -0.546 e. The number of hydrogen-bond acceptors (Lipinski definition) is 7. The number of imide groups is 2. The highest BCUT2D eigenvalue weighted by atomic mass is 16.5. The zero-order chi connectivity index (χ0) is 21.7. The SMILES string of the molecule is CCOc1cc(/C=C2/C(=O)NC(=O)N(c3ccccc3)C2=O)ccc1OCC(=O)[O-]. The smallest absolute Gasteiger partial charge is 0.335 e. The van der Waals surface area contributed by atoms with Crippen LogP contribution in [0.1, 0.15) is 12.5 Å². The van der Waals surface area contributed by atoms with E-state index in [9.17, 15) is 24.3 Å². The summed E-state index contributed by atoms with van der Waals surface area (Å²) < 4.78 is 10.6. The Hall–Kier alpha value is -4.14. The van der Waals surface area contributed by atoms with Crippen LogP contribution >= 0.6 is 0 Å². The van der Waals surface area contributed by atoms with Gasteiger partial charge in [0.25, 0.3) is 11.8 Å². The van der Waals surface area contributed by atoms with Crippen LogP contribution in [0.25, 0.3) is 6.08 Å². The van der Waals surface area contributed by atoms with E-state index in [-0.39, 0.29) is 23.7 Å². The molecule has 9 heteroatoms. The number of carbonyl (C=O) groups excluding carboxylic acids is 4. The highest BCUT2D eigenvalue weighted by molar-refractivity contribution is 6.39. The second-order valence-electron chi connectivity index (χ2n) is 6.09. The van der Waals surface area contributed by atoms with Crippen molar-refractivity contribution in [1.29, 1.82) is 0 Å². The Morgan fingerprint density at radius 3 is 2.47 bits per heavy atom. The van der Waals surface area contributed by atoms with E-state index in [2.05, 4.69) is 5.32 Å². The number of hydrogen-bond donors (Lipinski definition) is 1. The number of barbiturate groups is 1. The minimum absolute atomic E-state index is 0.170. The lowest BCUT2D eigenvalue weighted by atomic mass is 10.1. The largest absolute Gasteiger partial charge is 0.546 e. The molecule has 2 aromatic carbocycles. The Bertz CT molecular complexity index is 1030. The quantitative estimate of drug-likeness (QED) is 0.532. The van der Waals surface area contributed by atoms with E-state index in [0.29, 0.717) is 11.3 Å². The van der Waals surface area contributed by atoms with E-state index in [0.717, 1.165) is 4.90 Å². The molecule has 0 bridgehead atoms. The molecule has 154 valence electrons. The van der Waals surface area contributed by atoms with Crippen molar-refractivity contribution in [2.24, 2.45) is 0 Å². The van der Waals surface area contributed by atoms with Gasteiger partial charge >= 0.3 is 6.03 Å². The first-order valence-electron chi connectivity index (χ1n) is 8.96. The van der Waals surface area contributed by atoms with Crippen LogP contribution in [0.15, 0.2) is 54.1 Å². The van der Waals surface area contributed by atoms with Crippen LogP contribution in [0.2, 0.25) is 0 Å². The summed E-state index contributed by atoms with van der Waals surface area (Å²) in [5, 5.41) is 12.8. The molecule has 30 heavy (non-hydrogen) atoms. The van der Waals surface area contributed by atoms with E-state index >= 15 is 0 Å². The van der Waals surface area contributed by atoms with Gasteiger partial charge in [-0.05, 0) is 42.8 Å². The predicted octanol–water partition coefficient (Wildman–Crippen LogP) is 0.880. The molecule has 0 atom stereocenters. The molecule has 1 aliphatic rings. The number of nitrogens with zero attached hydrogens (tertiary/aromatic N) is 1. The second kappa shape index (κ2) is 8.91. The summed E-state index contributed by atoms with van der Waals surface area (Å²) in [4.78, 5) is 48.8. The summed E-state index contributed by atoms with van der Waals surface area (Å²) in [7, 11) is 0. The van der Waals surface area contributed by atoms with Gasteiger partial charge in [-0.25, -0.2) is 9.69 Å². The van der Waals surface area contributed by atoms with Crippen molar-refractivity contribution in [2.45, 2.75) is 6.92 Å². The maximum atomic E-state index is 12.9. The molecule has 0 unspecified atom stereocenters. The van der Waals surface area contributed by atoms with Gasteiger partial charge in [-0.3, -0.25) is 14.9 Å². The number of carboxylic acid groups (broad SMARTS) is 1. The van der Waals surface area contributed by atoms with Gasteiger partial charge in [-0.1, -0.05) is 24.3 Å². The van der Waals surface area contributed by atoms with E-state index in [1.54, 1.807) is 37.3 Å². The number of urea groups is 1. The molecule has 1 fully saturated rings. The number of nitrogens with one attached hydrogen (secondary N) is 1. The Morgan fingerprint density at radius 2 is 1.80 bits per heavy atom. The number of carboxylic acids is 1. The molecule has 0 saturated carbocycles. The fourth-order valence-electron chi connectivity index (χ4n) is 2.77. The van der Waals surface area contributed by atoms with E-state index in [4.69, 9.17) is 9.47 Å². The second-order valence-corrected chi connectivity index (χ2v) is 6.09. The number of rotatable bonds is 7. The number of anilines is 1. The van der Waals surface area contributed by atoms with Crippen LogP contribution in [0, 0.1) is 0 Å². The van der Waals surface area contributed by atoms with Gasteiger partial charge in [-0.2, -0.15) is 0 Å². The summed E-state index contributed by atoms with van der Waals surface area (Å²) in [6.45, 7) is 1.35. The van der Waals surface area contributed by atoms with Crippen LogP contribution in [0.5, 0.6) is 11.5 Å². The van der Waals surface area contributed by atoms with Gasteiger partial charge in [0, 0.05) is 0 Å². The van der Waals surface area contributed by atoms with E-state index in [1.807, 2.05) is 0 Å². The molecule has 2 aromatic rings. The number of carbonyl (C=O) groups is 4. The average molecular weight is 409 g/mol. The molecule has 9 nitrogen and oxygen atoms in total. The first kappa shape index (κ1) is 20.6. The molecule has 1 heterocycles. The Labute approximate surface area is 171 Å². The zero-order valence-electron chi connectivity index (χ0n) is 15.9. The van der Waals surface area contributed by atoms with Crippen LogP contribution in [-0.2, 0) is 14.4 Å². The van der Waals surface area contributed by atoms with Gasteiger partial charge in [0.15, 0.2) is 11.5 Å². The van der Waals surface area contributed by atoms with Gasteiger partial charge < -0.3 is 19.4 Å². The molecule has 4 amide bonds. The third kappa shape index (κ3) is 4.46. The van der Waals surface area contributed by atoms with Crippen LogP contribution < -0.4 is 24.8 Å². The highest BCUT2D eigenvalue weighted by Gasteiger charge is 2.36. The lowest BCUT2D eigenvalue weighted by molar-refractivity contribution is -0.307. The molecule has 3 rings (SSSR count). The molecule has 0 spiro atoms. The van der Waals surface area contributed by atoms with Crippen molar-refractivity contribution in [3.8, 4) is 11.5 Å². The standard InChI is InChI=1S/C21H18N2O7/c1-2-29-17-11-13(8-9-16(17)30-12-18(24)25)10-15-19(26)22-21(28)23(20(15)27)14-6-4-3-5-7-14/h3-11H,2,12H2,1H3,(H,24,25)(H,22,26,28)/p-1/b15-10-. The summed E-state index contributed by atoms with van der Waals surface area (Å²) >= 11 is 0. The Morgan fingerprint density at radius 1 is 1.07 bits per heavy atom. The van der Waals surface area contributed by atoms with Crippen molar-refractivity contribution in [1.82, 2.24) is 5.32 Å². The third-order valence-corrected chi connectivity index (χ3v) is 4.04. The lowest BCUT2D eigenvalue weighted by Gasteiger charge is -2.26. The van der Waals surface area contributed by atoms with Crippen molar-refractivity contribution in [2.75, 3.05) is 18.1 Å². The number of para-hydroxylation sites is 1. The minimum atomic E-state index is -1.39. The maximum absolute atomic E-state index is 12.9. The van der Waals surface area contributed by atoms with Gasteiger partial charge in [0.2, 0.25) is 0 Å². The molecule has 1 N–H and O–H groups in total. The maximum Gasteiger partial charge on any atom is 0.335 e. The first-order chi connectivity index (χ1) is 14.4. The summed E-state index contributed by atoms with van der Waals surface area (Å²) in [6.07, 6.45) is 1.31. The number of ether oxygens (including phenoxy) is 2. The number of amides is 4. The monoisotopic (exact) mass is 409 g/mol. The van der Waals surface area contributed by atoms with Gasteiger partial charge in [-0.15, -0.1) is 0 Å². The zero-order valence-corrected chi connectivity index (χ0v) is 15.9. The Balaban J connectivity index is 1.95. The molecular formula is C21H17N2O7-. The normalized spacial score (nSPS) is 15.2. The topological polar surface area (TPSA) is 125 Å². The van der Waals surface area contributed by atoms with Crippen molar-refractivity contribution in [3.63, 3.8) is 0 Å². The van der Waals surface area contributed by atoms with Crippen molar-refractivity contribution in [3.05, 3.63) is 59.7 Å². The summed E-state index contributed by atoms with van der Waals surface area (Å²) in [5.41, 5.74) is 0.490. The van der Waals surface area contributed by atoms with Crippen molar-refractivity contribution < 1.29 is 33.8 Å². The predicted molar refractivity (Wildman–Crippen MR) is 104 cm³/mol. The molecule has 0 aromatic heterocycles. The highest BCUT2D eigenvalue weighted by Crippen LogP contribution is 2.30. The molecule has 0 radical (unpaired) electrons. The molecule has 0 aliphatic carbocycles. The molecule has 1 saturated heterocycles. The van der Waals surface area contributed by atoms with Crippen molar-refractivity contribution >= 4 is 35.6 Å². The van der Waals surface area contributed by atoms with Gasteiger partial charge in [0.05, 0.1) is 18.3 Å². The lowest BCUT2D eigenvalue weighted by Crippen LogP contribution is -2.54. The Kier molecular flexibility index (Phi) is 6.11. The number of aliphatic carboxylic acids is 1. The fourth-order valence-corrected chi connectivity index (χ4v) is 2.77. The number of benzene rings is 2. The van der Waals surface area contributed by atoms with Crippen LogP contribution in [0.3, 0.4) is 0 Å². The van der Waals surface area contributed by atoms with Crippen LogP contribution in [-0.4, -0.2) is 37.0 Å². The third-order valence-electron chi connectivity index (χ3n) is 4.04. The first-order valence-corrected chi connectivity index (χ1v) is 8.96. The molecular weight excluding hydrogens is 392 g/mol. The van der Waals surface area contributed by atoms with E-state index in [1.165, 1.54) is 24.3 Å². The van der Waals surface area contributed by atoms with E-state index < -0.39 is 30.4 Å². The molecule has 1 aliphatic heterocycles. The van der Waals surface area contributed by atoms with Crippen LogP contribution in [0.4, 0.5) is 10.5 Å². The summed E-state index contributed by atoms with van der Waals surface area (Å²) in [6, 6.07) is 11.8. The fraction of sp³-hybridized carbons (Fsp3) is 0.143. The van der Waals surface area contributed by atoms with Gasteiger partial charge in [0.1, 0.15) is 12.2 Å².